The lowest BCUT2D eigenvalue weighted by Gasteiger charge is -2.22. The predicted octanol–water partition coefficient (Wildman–Crippen LogP) is -0.276. The van der Waals surface area contributed by atoms with E-state index in [0.29, 0.717) is 24.1 Å². The Hall–Kier alpha value is -2.68. The molecular formula is C16H24N6O3. The molecule has 0 radical (unpaired) electrons. The molecular weight excluding hydrogens is 324 g/mol. The number of nitrogens with one attached hydrogen (secondary N) is 2. The van der Waals surface area contributed by atoms with Crippen LogP contribution in [0.25, 0.3) is 11.0 Å². The molecule has 0 atom stereocenters. The number of nitrogens with zero attached hydrogens (tertiary/aromatic N) is 3. The molecule has 2 heterocycles. The Bertz CT molecular complexity index is 810. The van der Waals surface area contributed by atoms with E-state index in [0.717, 1.165) is 13.0 Å². The maximum atomic E-state index is 12.6. The summed E-state index contributed by atoms with van der Waals surface area (Å²) in [7, 11) is 0. The third-order valence-corrected chi connectivity index (χ3v) is 3.70. The quantitative estimate of drug-likeness (QED) is 0.535. The van der Waals surface area contributed by atoms with Crippen LogP contribution in [0.5, 0.6) is 0 Å². The molecule has 2 aromatic rings. The lowest BCUT2D eigenvalue weighted by atomic mass is 10.3. The number of aromatic nitrogens is 3. The number of rotatable bonds is 9. The molecule has 0 saturated carbocycles. The SMILES string of the molecule is CCCNCCN(CC(C)=O)C(=O)Cn1ccc2c(=O)[nH]c(N)nc21. The van der Waals surface area contributed by atoms with Gasteiger partial charge in [0.15, 0.2) is 0 Å². The van der Waals surface area contributed by atoms with Gasteiger partial charge in [-0.1, -0.05) is 6.92 Å². The molecule has 0 aliphatic heterocycles. The van der Waals surface area contributed by atoms with Crippen LogP contribution in [0.2, 0.25) is 0 Å². The van der Waals surface area contributed by atoms with Gasteiger partial charge in [-0.25, -0.2) is 0 Å². The number of Topliss-reactive ketones (excluding diaryl/α,β-unsaturated/α-hetero) is 1. The number of hydrogen-bond acceptors (Lipinski definition) is 6. The Balaban J connectivity index is 2.14. The molecule has 0 aliphatic carbocycles. The van der Waals surface area contributed by atoms with Crippen molar-refractivity contribution >= 4 is 28.7 Å². The number of nitrogens with two attached hydrogens (primary N) is 1. The van der Waals surface area contributed by atoms with Gasteiger partial charge in [-0.05, 0) is 26.0 Å². The zero-order valence-corrected chi connectivity index (χ0v) is 14.5. The van der Waals surface area contributed by atoms with Crippen molar-refractivity contribution < 1.29 is 9.59 Å². The zero-order chi connectivity index (χ0) is 18.4. The van der Waals surface area contributed by atoms with Gasteiger partial charge in [0.1, 0.15) is 18.0 Å². The largest absolute Gasteiger partial charge is 0.369 e. The molecule has 0 aliphatic rings. The second kappa shape index (κ2) is 8.43. The molecule has 0 saturated heterocycles. The minimum absolute atomic E-state index is 0.00532. The van der Waals surface area contributed by atoms with E-state index in [1.54, 1.807) is 16.8 Å². The first kappa shape index (κ1) is 18.7. The highest BCUT2D eigenvalue weighted by Crippen LogP contribution is 2.10. The number of fused-ring (bicyclic) bond motifs is 1. The van der Waals surface area contributed by atoms with E-state index in [1.807, 2.05) is 0 Å². The van der Waals surface area contributed by atoms with Gasteiger partial charge in [0.2, 0.25) is 11.9 Å². The van der Waals surface area contributed by atoms with Crippen molar-refractivity contribution in [3.63, 3.8) is 0 Å². The summed E-state index contributed by atoms with van der Waals surface area (Å²) in [6.45, 7) is 5.46. The Labute approximate surface area is 145 Å². The fraction of sp³-hybridized carbons (Fsp3) is 0.500. The standard InChI is InChI=1S/C16H24N6O3/c1-3-5-18-6-8-21(9-11(2)23)13(24)10-22-7-4-12-14(22)19-16(17)20-15(12)25/h4,7,18H,3,5-6,8-10H2,1-2H3,(H3,17,19,20,25). The van der Waals surface area contributed by atoms with E-state index in [9.17, 15) is 14.4 Å². The van der Waals surface area contributed by atoms with Crippen LogP contribution in [0, 0.1) is 0 Å². The van der Waals surface area contributed by atoms with Crippen LogP contribution in [0.1, 0.15) is 20.3 Å². The maximum absolute atomic E-state index is 12.6. The highest BCUT2D eigenvalue weighted by Gasteiger charge is 2.17. The molecule has 9 heteroatoms. The molecule has 25 heavy (non-hydrogen) atoms. The monoisotopic (exact) mass is 348 g/mol. The topological polar surface area (TPSA) is 126 Å². The Morgan fingerprint density at radius 1 is 1.40 bits per heavy atom. The van der Waals surface area contributed by atoms with Gasteiger partial charge < -0.3 is 20.5 Å². The molecule has 2 aromatic heterocycles. The molecule has 4 N–H and O–H groups in total. The third kappa shape index (κ3) is 4.90. The lowest BCUT2D eigenvalue weighted by molar-refractivity contribution is -0.135. The summed E-state index contributed by atoms with van der Waals surface area (Å²) in [5.74, 6) is -0.305. The summed E-state index contributed by atoms with van der Waals surface area (Å²) in [5.41, 5.74) is 5.57. The second-order valence-electron chi connectivity index (χ2n) is 5.90. The highest BCUT2D eigenvalue weighted by molar-refractivity contribution is 5.85. The van der Waals surface area contributed by atoms with Gasteiger partial charge in [0.05, 0.1) is 11.9 Å². The molecule has 136 valence electrons. The van der Waals surface area contributed by atoms with Crippen LogP contribution in [0.4, 0.5) is 5.95 Å². The number of amides is 1. The number of anilines is 1. The number of carbonyl (C=O) groups excluding carboxylic acids is 2. The van der Waals surface area contributed by atoms with Gasteiger partial charge in [-0.2, -0.15) is 4.98 Å². The number of H-pyrrole nitrogens is 1. The number of ketones is 1. The van der Waals surface area contributed by atoms with Crippen LogP contribution in [0.15, 0.2) is 17.1 Å². The van der Waals surface area contributed by atoms with Gasteiger partial charge in [-0.3, -0.25) is 19.4 Å². The van der Waals surface area contributed by atoms with E-state index in [4.69, 9.17) is 5.73 Å². The second-order valence-corrected chi connectivity index (χ2v) is 5.90. The van der Waals surface area contributed by atoms with Crippen LogP contribution in [0.3, 0.4) is 0 Å². The van der Waals surface area contributed by atoms with E-state index >= 15 is 0 Å². The van der Waals surface area contributed by atoms with Crippen molar-refractivity contribution in [3.8, 4) is 0 Å². The lowest BCUT2D eigenvalue weighted by Crippen LogP contribution is -2.41. The van der Waals surface area contributed by atoms with Crippen molar-refractivity contribution in [2.24, 2.45) is 0 Å². The van der Waals surface area contributed by atoms with E-state index in [2.05, 4.69) is 22.2 Å². The Morgan fingerprint density at radius 2 is 2.16 bits per heavy atom. The molecule has 0 fully saturated rings. The Kier molecular flexibility index (Phi) is 6.29. The minimum Gasteiger partial charge on any atom is -0.369 e. The van der Waals surface area contributed by atoms with Crippen LogP contribution >= 0.6 is 0 Å². The van der Waals surface area contributed by atoms with Crippen LogP contribution < -0.4 is 16.6 Å². The van der Waals surface area contributed by atoms with E-state index < -0.39 is 0 Å². The zero-order valence-electron chi connectivity index (χ0n) is 14.5. The molecule has 1 amide bonds. The summed E-state index contributed by atoms with van der Waals surface area (Å²) >= 11 is 0. The third-order valence-electron chi connectivity index (χ3n) is 3.70. The van der Waals surface area contributed by atoms with Crippen molar-refractivity contribution in [1.82, 2.24) is 24.8 Å². The minimum atomic E-state index is -0.349. The van der Waals surface area contributed by atoms with Crippen molar-refractivity contribution in [3.05, 3.63) is 22.6 Å². The predicted molar refractivity (Wildman–Crippen MR) is 95.2 cm³/mol. The fourth-order valence-corrected chi connectivity index (χ4v) is 2.54. The van der Waals surface area contributed by atoms with Crippen LogP contribution in [-0.4, -0.2) is 57.3 Å². The first-order valence-corrected chi connectivity index (χ1v) is 8.25. The van der Waals surface area contributed by atoms with E-state index in [1.165, 1.54) is 11.8 Å². The van der Waals surface area contributed by atoms with Crippen LogP contribution in [-0.2, 0) is 16.1 Å². The maximum Gasteiger partial charge on any atom is 0.261 e. The molecule has 0 aromatic carbocycles. The normalized spacial score (nSPS) is 11.0. The van der Waals surface area contributed by atoms with Gasteiger partial charge in [0, 0.05) is 19.3 Å². The van der Waals surface area contributed by atoms with Gasteiger partial charge in [0.25, 0.3) is 5.56 Å². The highest BCUT2D eigenvalue weighted by atomic mass is 16.2. The van der Waals surface area contributed by atoms with Crippen molar-refractivity contribution in [2.45, 2.75) is 26.8 Å². The van der Waals surface area contributed by atoms with E-state index in [-0.39, 0.29) is 36.3 Å². The molecule has 2 rings (SSSR count). The Morgan fingerprint density at radius 3 is 2.84 bits per heavy atom. The molecule has 0 unspecified atom stereocenters. The summed E-state index contributed by atoms with van der Waals surface area (Å²) in [6.07, 6.45) is 2.61. The molecule has 0 bridgehead atoms. The first-order chi connectivity index (χ1) is 11.9. The first-order valence-electron chi connectivity index (χ1n) is 8.25. The average molecular weight is 348 g/mol. The molecule has 9 nitrogen and oxygen atoms in total. The number of carbonyl (C=O) groups is 2. The smallest absolute Gasteiger partial charge is 0.261 e. The van der Waals surface area contributed by atoms with Gasteiger partial charge in [-0.15, -0.1) is 0 Å². The summed E-state index contributed by atoms with van der Waals surface area (Å²) in [4.78, 5) is 43.9. The summed E-state index contributed by atoms with van der Waals surface area (Å²) in [6, 6.07) is 1.59. The van der Waals surface area contributed by atoms with Gasteiger partial charge >= 0.3 is 0 Å². The average Bonchev–Trinajstić information content (AvgIpc) is 2.93. The number of aromatic amines is 1. The fourth-order valence-electron chi connectivity index (χ4n) is 2.54. The summed E-state index contributed by atoms with van der Waals surface area (Å²) in [5, 5.41) is 3.58. The summed E-state index contributed by atoms with van der Waals surface area (Å²) < 4.78 is 1.57. The number of hydrogen-bond donors (Lipinski definition) is 3. The van der Waals surface area contributed by atoms with Crippen molar-refractivity contribution in [1.29, 1.82) is 0 Å². The number of nitrogen functional groups attached to an aromatic ring is 1. The molecule has 0 spiro atoms. The van der Waals surface area contributed by atoms with Crippen molar-refractivity contribution in [2.75, 3.05) is 31.9 Å².